The largest absolute Gasteiger partial charge is 0.352 e. The zero-order chi connectivity index (χ0) is 20.3. The smallest absolute Gasteiger partial charge is 0.246 e. The number of piperazine rings is 1. The van der Waals surface area contributed by atoms with E-state index in [1.165, 1.54) is 28.9 Å². The number of rotatable bonds is 5. The first-order valence-corrected chi connectivity index (χ1v) is 11.5. The summed E-state index contributed by atoms with van der Waals surface area (Å²) in [5.41, 5.74) is 0. The van der Waals surface area contributed by atoms with Gasteiger partial charge in [0.05, 0.1) is 6.54 Å². The molecule has 3 atom stereocenters. The summed E-state index contributed by atoms with van der Waals surface area (Å²) in [6, 6.07) is 5.65. The lowest BCUT2D eigenvalue weighted by atomic mass is 9.78. The van der Waals surface area contributed by atoms with Crippen molar-refractivity contribution in [2.45, 2.75) is 44.0 Å². The topological polar surface area (TPSA) is 69.7 Å². The zero-order valence-corrected chi connectivity index (χ0v) is 17.4. The van der Waals surface area contributed by atoms with E-state index < -0.39 is 15.8 Å². The van der Waals surface area contributed by atoms with E-state index in [2.05, 4.69) is 19.2 Å². The van der Waals surface area contributed by atoms with Gasteiger partial charge in [0.25, 0.3) is 0 Å². The fourth-order valence-electron chi connectivity index (χ4n) is 4.16. The lowest BCUT2D eigenvalue weighted by Gasteiger charge is -2.36. The molecule has 6 nitrogen and oxygen atoms in total. The van der Waals surface area contributed by atoms with Crippen molar-refractivity contribution in [2.75, 3.05) is 32.7 Å². The van der Waals surface area contributed by atoms with Crippen LogP contribution in [0.4, 0.5) is 4.39 Å². The van der Waals surface area contributed by atoms with Gasteiger partial charge in [-0.2, -0.15) is 4.31 Å². The molecule has 0 radical (unpaired) electrons. The number of nitrogens with zero attached hydrogens (tertiary/aromatic N) is 2. The Kier molecular flexibility index (Phi) is 6.73. The van der Waals surface area contributed by atoms with Crippen molar-refractivity contribution in [3.8, 4) is 0 Å². The second-order valence-electron chi connectivity index (χ2n) is 8.05. The number of amides is 1. The Morgan fingerprint density at radius 2 is 1.82 bits per heavy atom. The minimum Gasteiger partial charge on any atom is -0.352 e. The maximum Gasteiger partial charge on any atom is 0.246 e. The number of nitrogens with one attached hydrogen (secondary N) is 1. The molecule has 0 spiro atoms. The molecule has 1 heterocycles. The first kappa shape index (κ1) is 21.2. The zero-order valence-electron chi connectivity index (χ0n) is 16.6. The van der Waals surface area contributed by atoms with Crippen LogP contribution in [0.3, 0.4) is 0 Å². The van der Waals surface area contributed by atoms with E-state index in [0.29, 0.717) is 24.9 Å². The van der Waals surface area contributed by atoms with Crippen molar-refractivity contribution >= 4 is 15.9 Å². The van der Waals surface area contributed by atoms with Gasteiger partial charge >= 0.3 is 0 Å². The summed E-state index contributed by atoms with van der Waals surface area (Å²) in [6.07, 6.45) is 3.38. The van der Waals surface area contributed by atoms with Crippen molar-refractivity contribution in [1.29, 1.82) is 0 Å². The summed E-state index contributed by atoms with van der Waals surface area (Å²) in [7, 11) is -3.85. The number of benzene rings is 1. The van der Waals surface area contributed by atoms with Gasteiger partial charge in [-0.15, -0.1) is 0 Å². The summed E-state index contributed by atoms with van der Waals surface area (Å²) < 4.78 is 40.5. The molecule has 0 aromatic heterocycles. The Bertz CT molecular complexity index is 794. The van der Waals surface area contributed by atoms with Crippen LogP contribution in [0.25, 0.3) is 0 Å². The maximum absolute atomic E-state index is 13.9. The highest BCUT2D eigenvalue weighted by atomic mass is 32.2. The highest BCUT2D eigenvalue weighted by Gasteiger charge is 2.32. The molecule has 1 aromatic rings. The average molecular weight is 412 g/mol. The molecule has 1 aliphatic carbocycles. The molecule has 1 saturated carbocycles. The van der Waals surface area contributed by atoms with Crippen molar-refractivity contribution in [1.82, 2.24) is 14.5 Å². The van der Waals surface area contributed by atoms with E-state index in [4.69, 9.17) is 0 Å². The molecular formula is C20H30FN3O3S. The van der Waals surface area contributed by atoms with Crippen LogP contribution in [0.2, 0.25) is 0 Å². The quantitative estimate of drug-likeness (QED) is 0.805. The summed E-state index contributed by atoms with van der Waals surface area (Å²) in [6.45, 7) is 6.11. The van der Waals surface area contributed by atoms with Crippen LogP contribution in [0.1, 0.15) is 33.1 Å². The summed E-state index contributed by atoms with van der Waals surface area (Å²) in [5.74, 6) is 0.350. The van der Waals surface area contributed by atoms with E-state index in [9.17, 15) is 17.6 Å². The second kappa shape index (κ2) is 8.88. The van der Waals surface area contributed by atoms with Gasteiger partial charge in [-0.25, -0.2) is 12.8 Å². The molecule has 1 saturated heterocycles. The van der Waals surface area contributed by atoms with E-state index in [0.717, 1.165) is 18.9 Å². The first-order chi connectivity index (χ1) is 13.3. The number of carbonyl (C=O) groups excluding carboxylic acids is 1. The predicted octanol–water partition coefficient (Wildman–Crippen LogP) is 2.07. The van der Waals surface area contributed by atoms with Gasteiger partial charge in [0, 0.05) is 32.2 Å². The lowest BCUT2D eigenvalue weighted by Crippen LogP contribution is -2.53. The summed E-state index contributed by atoms with van der Waals surface area (Å²) in [4.78, 5) is 14.1. The molecule has 1 amide bonds. The third kappa shape index (κ3) is 4.72. The molecule has 2 fully saturated rings. The second-order valence-corrected chi connectivity index (χ2v) is 9.96. The van der Waals surface area contributed by atoms with Crippen molar-refractivity contribution in [3.05, 3.63) is 30.1 Å². The molecule has 1 aliphatic heterocycles. The van der Waals surface area contributed by atoms with Crippen molar-refractivity contribution in [3.63, 3.8) is 0 Å². The van der Waals surface area contributed by atoms with Gasteiger partial charge in [0.1, 0.15) is 10.7 Å². The number of halogens is 1. The van der Waals surface area contributed by atoms with Gasteiger partial charge in [0.15, 0.2) is 0 Å². The first-order valence-electron chi connectivity index (χ1n) is 10.1. The Labute approximate surface area is 167 Å². The van der Waals surface area contributed by atoms with E-state index in [1.54, 1.807) is 0 Å². The Hall–Kier alpha value is -1.51. The molecule has 0 bridgehead atoms. The average Bonchev–Trinajstić information content (AvgIpc) is 2.66. The SMILES string of the molecule is C[C@H]1[C@@H](NC(=O)CN2CCN(S(=O)(=O)c3ccccc3F)CC2)CCC[C@@H]1C. The minimum absolute atomic E-state index is 0.00337. The highest BCUT2D eigenvalue weighted by molar-refractivity contribution is 7.89. The van der Waals surface area contributed by atoms with Crippen LogP contribution < -0.4 is 5.32 Å². The molecule has 156 valence electrons. The molecule has 2 aliphatic rings. The molecule has 3 rings (SSSR count). The normalized spacial score (nSPS) is 27.5. The summed E-state index contributed by atoms with van der Waals surface area (Å²) >= 11 is 0. The molecule has 1 N–H and O–H groups in total. The van der Waals surface area contributed by atoms with Crippen molar-refractivity contribution in [2.24, 2.45) is 11.8 Å². The number of sulfonamides is 1. The Morgan fingerprint density at radius 3 is 2.50 bits per heavy atom. The number of hydrogen-bond acceptors (Lipinski definition) is 4. The minimum atomic E-state index is -3.85. The van der Waals surface area contributed by atoms with Crippen molar-refractivity contribution < 1.29 is 17.6 Å². The highest BCUT2D eigenvalue weighted by Crippen LogP contribution is 2.29. The Balaban J connectivity index is 1.51. The van der Waals surface area contributed by atoms with Crippen LogP contribution >= 0.6 is 0 Å². The van der Waals surface area contributed by atoms with Gasteiger partial charge in [0.2, 0.25) is 15.9 Å². The molecule has 1 aromatic carbocycles. The molecular weight excluding hydrogens is 381 g/mol. The van der Waals surface area contributed by atoms with Gasteiger partial charge < -0.3 is 5.32 Å². The van der Waals surface area contributed by atoms with Crippen LogP contribution in [0.5, 0.6) is 0 Å². The Morgan fingerprint density at radius 1 is 1.14 bits per heavy atom. The molecule has 8 heteroatoms. The molecule has 0 unspecified atom stereocenters. The number of carbonyl (C=O) groups is 1. The predicted molar refractivity (Wildman–Crippen MR) is 106 cm³/mol. The van der Waals surface area contributed by atoms with E-state index in [-0.39, 0.29) is 36.5 Å². The van der Waals surface area contributed by atoms with Crippen LogP contribution in [0, 0.1) is 17.7 Å². The van der Waals surface area contributed by atoms with Gasteiger partial charge in [-0.1, -0.05) is 38.8 Å². The van der Waals surface area contributed by atoms with Crippen LogP contribution in [-0.4, -0.2) is 62.3 Å². The van der Waals surface area contributed by atoms with Gasteiger partial charge in [-0.05, 0) is 30.4 Å². The third-order valence-electron chi connectivity index (χ3n) is 6.21. The maximum atomic E-state index is 13.9. The van der Waals surface area contributed by atoms with Crippen LogP contribution in [0.15, 0.2) is 29.2 Å². The van der Waals surface area contributed by atoms with E-state index >= 15 is 0 Å². The number of hydrogen-bond donors (Lipinski definition) is 1. The molecule has 28 heavy (non-hydrogen) atoms. The van der Waals surface area contributed by atoms with Crippen LogP contribution in [-0.2, 0) is 14.8 Å². The monoisotopic (exact) mass is 411 g/mol. The fraction of sp³-hybridized carbons (Fsp3) is 0.650. The summed E-state index contributed by atoms with van der Waals surface area (Å²) in [5, 5.41) is 3.16. The standard InChI is InChI=1S/C20H30FN3O3S/c1-15-6-5-8-18(16(15)2)22-20(25)14-23-10-12-24(13-11-23)28(26,27)19-9-4-3-7-17(19)21/h3-4,7,9,15-16,18H,5-6,8,10-14H2,1-2H3,(H,22,25)/t15-,16+,18-/m0/s1. The fourth-order valence-corrected chi connectivity index (χ4v) is 5.65. The lowest BCUT2D eigenvalue weighted by molar-refractivity contribution is -0.124. The van der Waals surface area contributed by atoms with Gasteiger partial charge in [-0.3, -0.25) is 9.69 Å². The van der Waals surface area contributed by atoms with E-state index in [1.807, 2.05) is 4.90 Å². The third-order valence-corrected chi connectivity index (χ3v) is 8.14.